The van der Waals surface area contributed by atoms with Crippen LogP contribution in [0.25, 0.3) is 22.0 Å². The fourth-order valence-electron chi connectivity index (χ4n) is 7.01. The summed E-state index contributed by atoms with van der Waals surface area (Å²) in [5.41, 5.74) is 5.41. The van der Waals surface area contributed by atoms with Gasteiger partial charge in [-0.1, -0.05) is 52.0 Å². The first kappa shape index (κ1) is 37.4. The second-order valence-electron chi connectivity index (χ2n) is 14.2. The van der Waals surface area contributed by atoms with E-state index in [1.807, 2.05) is 60.8 Å². The Morgan fingerprint density at radius 3 is 2.04 bits per heavy atom. The number of rotatable bonds is 5. The predicted octanol–water partition coefficient (Wildman–Crippen LogP) is 8.89. The zero-order valence-electron chi connectivity index (χ0n) is 28.4. The molecule has 0 saturated heterocycles. The molecule has 1 saturated carbocycles. The van der Waals surface area contributed by atoms with Gasteiger partial charge in [0.05, 0.1) is 12.2 Å². The van der Waals surface area contributed by atoms with Gasteiger partial charge >= 0.3 is 20.1 Å². The number of para-hydroxylation sites is 1. The molecule has 2 heterocycles. The minimum atomic E-state index is -0.375. The number of hydrogen-bond donors (Lipinski definition) is 2. The fraction of sp³-hybridized carbons (Fsp3) is 0.400. The molecule has 2 aliphatic rings. The normalized spacial score (nSPS) is 18.2. The van der Waals surface area contributed by atoms with E-state index in [-0.39, 0.29) is 32.3 Å². The second-order valence-corrected chi connectivity index (χ2v) is 14.2. The molecule has 0 radical (unpaired) electrons. The molecule has 3 aromatic carbocycles. The Bertz CT molecular complexity index is 1490. The molecular weight excluding hydrogens is 747 g/mol. The standard InChI is InChI=1S/C20H28N2.C15H10N.C5H12O2.Ir/c1-19(2)11-16(12-20(3,4)14-19)18-13-21(5)15-22(18)17-9-7-6-8-10-17;1-2-7-13(8-3-1)15-14-9-5-4-6-12(14)10-11-16-15;1-4(6)3-5(2)7;/h6-9,13,15-16H,11-12,14H2,1-5H3;1-7,9-11H;4-7H,3H2,1-2H3;/q-2;-1;;+3. The first-order valence-corrected chi connectivity index (χ1v) is 16.1. The Hall–Kier alpha value is -3.02. The van der Waals surface area contributed by atoms with E-state index in [0.717, 1.165) is 16.9 Å². The van der Waals surface area contributed by atoms with E-state index in [9.17, 15) is 0 Å². The summed E-state index contributed by atoms with van der Waals surface area (Å²) in [6.07, 6.45) is 7.68. The first-order valence-electron chi connectivity index (χ1n) is 16.1. The van der Waals surface area contributed by atoms with Gasteiger partial charge in [0.2, 0.25) is 0 Å². The molecule has 1 aliphatic carbocycles. The SMILES string of the molecule is CC(O)CC(C)O.CN1C=C(C2CC(C)(C)CC(C)(C)C2)N(c2[c-]cccc2)[CH-]1.[Ir+3].[c-]1ccccc1-c1nccc2ccccc12. The van der Waals surface area contributed by atoms with Crippen molar-refractivity contribution in [3.63, 3.8) is 0 Å². The number of hydrogen-bond acceptors (Lipinski definition) is 5. The van der Waals surface area contributed by atoms with Gasteiger partial charge < -0.3 is 25.0 Å². The Kier molecular flexibility index (Phi) is 13.6. The van der Waals surface area contributed by atoms with Crippen molar-refractivity contribution in [2.24, 2.45) is 16.7 Å². The van der Waals surface area contributed by atoms with Crippen LogP contribution in [-0.2, 0) is 20.1 Å². The van der Waals surface area contributed by atoms with Crippen molar-refractivity contribution in [1.29, 1.82) is 0 Å². The Morgan fingerprint density at radius 2 is 1.48 bits per heavy atom. The molecule has 2 unspecified atom stereocenters. The molecule has 1 aromatic heterocycles. The summed E-state index contributed by atoms with van der Waals surface area (Å²) < 4.78 is 0. The minimum Gasteiger partial charge on any atom is -0.510 e. The third-order valence-electron chi connectivity index (χ3n) is 8.16. The van der Waals surface area contributed by atoms with Crippen LogP contribution in [0.2, 0.25) is 0 Å². The van der Waals surface area contributed by atoms with Crippen LogP contribution in [0.3, 0.4) is 0 Å². The monoisotopic (exact) mass is 797 g/mol. The first-order chi connectivity index (χ1) is 21.3. The number of allylic oxidation sites excluding steroid dienone is 1. The molecule has 5 nitrogen and oxygen atoms in total. The largest absolute Gasteiger partial charge is 3.00 e. The van der Waals surface area contributed by atoms with Gasteiger partial charge in [-0.05, 0) is 92.1 Å². The van der Waals surface area contributed by atoms with Crippen molar-refractivity contribution < 1.29 is 30.3 Å². The van der Waals surface area contributed by atoms with Gasteiger partial charge in [-0.15, -0.1) is 41.6 Å². The number of aliphatic hydroxyl groups is 2. The van der Waals surface area contributed by atoms with Crippen molar-refractivity contribution >= 4 is 16.5 Å². The van der Waals surface area contributed by atoms with Gasteiger partial charge in [0, 0.05) is 11.9 Å². The maximum atomic E-state index is 8.56. The van der Waals surface area contributed by atoms with Crippen molar-refractivity contribution in [3.8, 4) is 11.3 Å². The molecule has 2 atom stereocenters. The summed E-state index contributed by atoms with van der Waals surface area (Å²) in [5, 5.41) is 19.5. The molecule has 0 spiro atoms. The maximum Gasteiger partial charge on any atom is 3.00 e. The van der Waals surface area contributed by atoms with Crippen molar-refractivity contribution in [2.45, 2.75) is 79.4 Å². The van der Waals surface area contributed by atoms with E-state index < -0.39 is 0 Å². The number of benzene rings is 3. The van der Waals surface area contributed by atoms with E-state index >= 15 is 0 Å². The van der Waals surface area contributed by atoms with Crippen LogP contribution < -0.4 is 4.90 Å². The van der Waals surface area contributed by atoms with E-state index in [1.54, 1.807) is 13.8 Å². The average Bonchev–Trinajstić information content (AvgIpc) is 3.38. The van der Waals surface area contributed by atoms with Crippen LogP contribution in [0.5, 0.6) is 0 Å². The third-order valence-corrected chi connectivity index (χ3v) is 8.16. The van der Waals surface area contributed by atoms with Gasteiger partial charge in [-0.25, -0.2) is 0 Å². The van der Waals surface area contributed by atoms with E-state index in [1.165, 1.54) is 35.7 Å². The topological polar surface area (TPSA) is 59.8 Å². The zero-order valence-corrected chi connectivity index (χ0v) is 30.8. The van der Waals surface area contributed by atoms with Crippen molar-refractivity contribution in [2.75, 3.05) is 11.9 Å². The van der Waals surface area contributed by atoms with Crippen LogP contribution in [0.1, 0.15) is 67.2 Å². The number of aliphatic hydroxyl groups excluding tert-OH is 2. The van der Waals surface area contributed by atoms with Gasteiger partial charge in [-0.2, -0.15) is 37.0 Å². The van der Waals surface area contributed by atoms with E-state index in [2.05, 4.69) is 98.8 Å². The number of anilines is 1. The molecule has 0 bridgehead atoms. The number of aromatic nitrogens is 1. The van der Waals surface area contributed by atoms with Gasteiger partial charge in [0.25, 0.3) is 0 Å². The predicted molar refractivity (Wildman–Crippen MR) is 187 cm³/mol. The quantitative estimate of drug-likeness (QED) is 0.198. The van der Waals surface area contributed by atoms with Gasteiger partial charge in [0.15, 0.2) is 0 Å². The van der Waals surface area contributed by atoms with Crippen LogP contribution in [0.4, 0.5) is 5.69 Å². The number of fused-ring (bicyclic) bond motifs is 1. The van der Waals surface area contributed by atoms with E-state index in [0.29, 0.717) is 23.2 Å². The number of nitrogens with zero attached hydrogens (tertiary/aromatic N) is 3. The van der Waals surface area contributed by atoms with Crippen LogP contribution >= 0.6 is 0 Å². The van der Waals surface area contributed by atoms with Gasteiger partial charge in [0.1, 0.15) is 0 Å². The summed E-state index contributed by atoms with van der Waals surface area (Å²) >= 11 is 0. The molecule has 246 valence electrons. The zero-order chi connectivity index (χ0) is 32.6. The molecule has 1 aliphatic heterocycles. The molecule has 1 fully saturated rings. The Morgan fingerprint density at radius 1 is 0.870 bits per heavy atom. The van der Waals surface area contributed by atoms with Gasteiger partial charge in [-0.3, -0.25) is 0 Å². The average molecular weight is 797 g/mol. The molecule has 6 heteroatoms. The Balaban J connectivity index is 0.000000210. The van der Waals surface area contributed by atoms with E-state index in [4.69, 9.17) is 10.2 Å². The van der Waals surface area contributed by atoms with Crippen molar-refractivity contribution in [3.05, 3.63) is 116 Å². The summed E-state index contributed by atoms with van der Waals surface area (Å²) in [6, 6.07) is 33.1. The van der Waals surface area contributed by atoms with Crippen LogP contribution in [0, 0.1) is 35.5 Å². The molecule has 46 heavy (non-hydrogen) atoms. The molecule has 0 amide bonds. The maximum absolute atomic E-state index is 8.56. The summed E-state index contributed by atoms with van der Waals surface area (Å²) in [7, 11) is 2.11. The fourth-order valence-corrected chi connectivity index (χ4v) is 7.01. The summed E-state index contributed by atoms with van der Waals surface area (Å²) in [5.74, 6) is 0.605. The molecule has 2 N–H and O–H groups in total. The molecule has 4 aromatic rings. The smallest absolute Gasteiger partial charge is 0.510 e. The molecule has 6 rings (SSSR count). The van der Waals surface area contributed by atoms with Crippen molar-refractivity contribution in [1.82, 2.24) is 9.88 Å². The molecular formula is C40H50IrN3O2. The Labute approximate surface area is 290 Å². The third kappa shape index (κ3) is 10.8. The minimum absolute atomic E-state index is 0. The summed E-state index contributed by atoms with van der Waals surface area (Å²) in [4.78, 5) is 8.94. The van der Waals surface area contributed by atoms with Crippen LogP contribution in [-0.4, -0.2) is 39.4 Å². The summed E-state index contributed by atoms with van der Waals surface area (Å²) in [6.45, 7) is 15.2. The van der Waals surface area contributed by atoms with Crippen LogP contribution in [0.15, 0.2) is 97.0 Å². The second kappa shape index (κ2) is 16.7. The number of pyridine rings is 1.